The molecule has 0 atom stereocenters. The molecular weight excluding hydrogens is 253 g/mol. The number of carbonyl (C=O) groups is 2. The van der Waals surface area contributed by atoms with Crippen LogP contribution in [0.3, 0.4) is 0 Å². The minimum absolute atomic E-state index is 0. The molecule has 0 unspecified atom stereocenters. The van der Waals surface area contributed by atoms with E-state index >= 15 is 0 Å². The predicted octanol–water partition coefficient (Wildman–Crippen LogP) is -2.89. The van der Waals surface area contributed by atoms with Gasteiger partial charge in [-0.1, -0.05) is 18.2 Å². The van der Waals surface area contributed by atoms with Crippen LogP contribution in [0.4, 0.5) is 5.69 Å². The zero-order chi connectivity index (χ0) is 11.1. The van der Waals surface area contributed by atoms with Crippen LogP contribution in [-0.2, 0) is 9.59 Å². The predicted molar refractivity (Wildman–Crippen MR) is 57.4 cm³/mol. The van der Waals surface area contributed by atoms with E-state index in [-0.39, 0.29) is 68.8 Å². The maximum Gasteiger partial charge on any atom is 1.00 e. The fraction of sp³-hybridized carbons (Fsp3) is 0.200. The Balaban J connectivity index is 0.00000225. The first-order valence-electron chi connectivity index (χ1n) is 4.31. The van der Waals surface area contributed by atoms with Gasteiger partial charge in [-0.25, -0.2) is 0 Å². The van der Waals surface area contributed by atoms with Crippen molar-refractivity contribution in [2.45, 2.75) is 0 Å². The van der Waals surface area contributed by atoms with Crippen molar-refractivity contribution in [3.63, 3.8) is 0 Å². The van der Waals surface area contributed by atoms with Crippen LogP contribution in [0.5, 0.6) is 0 Å². The largest absolute Gasteiger partial charge is 1.00 e. The zero-order valence-electron chi connectivity index (χ0n) is 8.93. The molecule has 6 heteroatoms. The standard InChI is InChI=1S/C10H11NO3S.K/c12-9(6-15-7-10(13)14)11-8-4-2-1-3-5-8;/h1-5H,6-7H2,(H,11,12)(H,13,14);/q;+1/p-1. The van der Waals surface area contributed by atoms with Crippen LogP contribution in [0.1, 0.15) is 0 Å². The third kappa shape index (κ3) is 7.42. The summed E-state index contributed by atoms with van der Waals surface area (Å²) < 4.78 is 0. The van der Waals surface area contributed by atoms with Crippen LogP contribution in [0.2, 0.25) is 0 Å². The van der Waals surface area contributed by atoms with E-state index in [1.54, 1.807) is 12.1 Å². The molecule has 0 aliphatic heterocycles. The molecule has 80 valence electrons. The Morgan fingerprint density at radius 3 is 2.38 bits per heavy atom. The van der Waals surface area contributed by atoms with E-state index in [1.165, 1.54) is 0 Å². The summed E-state index contributed by atoms with van der Waals surface area (Å²) in [7, 11) is 0. The molecule has 0 bridgehead atoms. The molecule has 1 aromatic carbocycles. The first kappa shape index (κ1) is 16.1. The van der Waals surface area contributed by atoms with E-state index in [0.717, 1.165) is 11.8 Å². The van der Waals surface area contributed by atoms with Crippen LogP contribution in [0.25, 0.3) is 0 Å². The summed E-state index contributed by atoms with van der Waals surface area (Å²) in [6, 6.07) is 9.00. The number of anilines is 1. The van der Waals surface area contributed by atoms with Crippen LogP contribution >= 0.6 is 11.8 Å². The van der Waals surface area contributed by atoms with Crippen LogP contribution < -0.4 is 61.8 Å². The number of rotatable bonds is 5. The summed E-state index contributed by atoms with van der Waals surface area (Å²) in [6.07, 6.45) is 0. The second kappa shape index (κ2) is 9.20. The topological polar surface area (TPSA) is 69.2 Å². The van der Waals surface area contributed by atoms with Crippen molar-refractivity contribution in [3.05, 3.63) is 30.3 Å². The van der Waals surface area contributed by atoms with Gasteiger partial charge in [-0.15, -0.1) is 11.8 Å². The number of nitrogens with one attached hydrogen (secondary N) is 1. The minimum atomic E-state index is -1.16. The second-order valence-corrected chi connectivity index (χ2v) is 3.76. The molecular formula is C10H10KNO3S. The van der Waals surface area contributed by atoms with Crippen LogP contribution in [0, 0.1) is 0 Å². The molecule has 0 saturated carbocycles. The van der Waals surface area contributed by atoms with Gasteiger partial charge in [-0.2, -0.15) is 0 Å². The molecule has 0 aliphatic carbocycles. The van der Waals surface area contributed by atoms with Crippen molar-refractivity contribution in [2.75, 3.05) is 16.8 Å². The molecule has 1 aromatic rings. The van der Waals surface area contributed by atoms with Gasteiger partial charge in [0.1, 0.15) is 0 Å². The Bertz CT molecular complexity index is 345. The summed E-state index contributed by atoms with van der Waals surface area (Å²) >= 11 is 1.01. The summed E-state index contributed by atoms with van der Waals surface area (Å²) in [4.78, 5) is 21.3. The van der Waals surface area contributed by atoms with Gasteiger partial charge in [0.05, 0.1) is 11.7 Å². The third-order valence-electron chi connectivity index (χ3n) is 1.51. The Kier molecular flexibility index (Phi) is 9.29. The number of carbonyl (C=O) groups excluding carboxylic acids is 2. The van der Waals surface area contributed by atoms with E-state index in [4.69, 9.17) is 0 Å². The van der Waals surface area contributed by atoms with E-state index < -0.39 is 5.97 Å². The molecule has 4 nitrogen and oxygen atoms in total. The molecule has 1 rings (SSSR count). The monoisotopic (exact) mass is 263 g/mol. The maximum absolute atomic E-state index is 11.2. The Morgan fingerprint density at radius 1 is 1.19 bits per heavy atom. The van der Waals surface area contributed by atoms with E-state index in [2.05, 4.69) is 5.32 Å². The van der Waals surface area contributed by atoms with Gasteiger partial charge >= 0.3 is 51.4 Å². The summed E-state index contributed by atoms with van der Waals surface area (Å²) in [5.41, 5.74) is 0.705. The fourth-order valence-corrected chi connectivity index (χ4v) is 1.47. The van der Waals surface area contributed by atoms with E-state index in [9.17, 15) is 14.7 Å². The van der Waals surface area contributed by atoms with Crippen LogP contribution in [-0.4, -0.2) is 23.4 Å². The van der Waals surface area contributed by atoms with Gasteiger partial charge in [-0.05, 0) is 12.1 Å². The molecule has 0 spiro atoms. The third-order valence-corrected chi connectivity index (χ3v) is 2.42. The van der Waals surface area contributed by atoms with E-state index in [1.807, 2.05) is 18.2 Å². The number of carboxylic acid groups (broad SMARTS) is 1. The molecule has 0 aliphatic rings. The number of hydrogen-bond acceptors (Lipinski definition) is 4. The second-order valence-electron chi connectivity index (χ2n) is 2.78. The van der Waals surface area contributed by atoms with Gasteiger partial charge < -0.3 is 15.2 Å². The summed E-state index contributed by atoms with van der Waals surface area (Å²) in [5.74, 6) is -1.43. The zero-order valence-corrected chi connectivity index (χ0v) is 12.9. The number of thioether (sulfide) groups is 1. The number of hydrogen-bond donors (Lipinski definition) is 1. The van der Waals surface area contributed by atoms with Gasteiger partial charge in [0.2, 0.25) is 5.91 Å². The van der Waals surface area contributed by atoms with Gasteiger partial charge in [0.15, 0.2) is 0 Å². The molecule has 0 aromatic heterocycles. The Labute approximate surface area is 141 Å². The molecule has 16 heavy (non-hydrogen) atoms. The first-order chi connectivity index (χ1) is 7.18. The van der Waals surface area contributed by atoms with Crippen molar-refractivity contribution < 1.29 is 66.1 Å². The summed E-state index contributed by atoms with van der Waals surface area (Å²) in [6.45, 7) is 0. The normalized spacial score (nSPS) is 9.00. The average Bonchev–Trinajstić information content (AvgIpc) is 2.18. The van der Waals surface area contributed by atoms with Crippen molar-refractivity contribution in [2.24, 2.45) is 0 Å². The van der Waals surface area contributed by atoms with Crippen LogP contribution in [0.15, 0.2) is 30.3 Å². The van der Waals surface area contributed by atoms with Crippen molar-refractivity contribution in [1.29, 1.82) is 0 Å². The SMILES string of the molecule is O=C([O-])CSCC(=O)Nc1ccccc1.[K+]. The number of aliphatic carboxylic acids is 1. The number of para-hydroxylation sites is 1. The molecule has 0 heterocycles. The number of carboxylic acids is 1. The quantitative estimate of drug-likeness (QED) is 0.579. The molecule has 0 saturated heterocycles. The molecule has 0 fully saturated rings. The number of amides is 1. The molecule has 1 N–H and O–H groups in total. The number of benzene rings is 1. The van der Waals surface area contributed by atoms with Gasteiger partial charge in [0, 0.05) is 11.4 Å². The van der Waals surface area contributed by atoms with E-state index in [0.29, 0.717) is 5.69 Å². The Hall–Kier alpha value is 0.146. The maximum atomic E-state index is 11.2. The van der Waals surface area contributed by atoms with Gasteiger partial charge in [0.25, 0.3) is 0 Å². The van der Waals surface area contributed by atoms with Gasteiger partial charge in [-0.3, -0.25) is 4.79 Å². The smallest absolute Gasteiger partial charge is 0.549 e. The van der Waals surface area contributed by atoms with Crippen molar-refractivity contribution in [1.82, 2.24) is 0 Å². The molecule has 1 amide bonds. The average molecular weight is 263 g/mol. The van der Waals surface area contributed by atoms with Crippen molar-refractivity contribution >= 4 is 29.3 Å². The fourth-order valence-electron chi connectivity index (χ4n) is 0.946. The molecule has 0 radical (unpaired) electrons. The minimum Gasteiger partial charge on any atom is -0.549 e. The van der Waals surface area contributed by atoms with Crippen molar-refractivity contribution in [3.8, 4) is 0 Å². The summed E-state index contributed by atoms with van der Waals surface area (Å²) in [5, 5.41) is 12.7. The Morgan fingerprint density at radius 2 is 1.81 bits per heavy atom. The first-order valence-corrected chi connectivity index (χ1v) is 5.46.